The number of nitrogens with zero attached hydrogens (tertiary/aromatic N) is 4. The first kappa shape index (κ1) is 10.1. The Morgan fingerprint density at radius 2 is 2.47 bits per heavy atom. The highest BCUT2D eigenvalue weighted by Gasteiger charge is 2.20. The van der Waals surface area contributed by atoms with E-state index in [1.807, 2.05) is 17.1 Å². The van der Waals surface area contributed by atoms with Gasteiger partial charge < -0.3 is 9.88 Å². The second-order valence-corrected chi connectivity index (χ2v) is 3.69. The SMILES string of the molecule is N#CC1CNCCN1CCn1ccnc1. The van der Waals surface area contributed by atoms with Crippen LogP contribution in [0.3, 0.4) is 0 Å². The molecular formula is C10H15N5. The lowest BCUT2D eigenvalue weighted by Crippen LogP contribution is -2.51. The number of nitriles is 1. The Morgan fingerprint density at radius 1 is 1.53 bits per heavy atom. The Balaban J connectivity index is 1.85. The molecule has 1 saturated heterocycles. The second kappa shape index (κ2) is 4.91. The summed E-state index contributed by atoms with van der Waals surface area (Å²) in [6.07, 6.45) is 5.53. The van der Waals surface area contributed by atoms with Gasteiger partial charge in [0.1, 0.15) is 6.04 Å². The summed E-state index contributed by atoms with van der Waals surface area (Å²) in [5, 5.41) is 12.2. The van der Waals surface area contributed by atoms with Crippen LogP contribution < -0.4 is 5.32 Å². The van der Waals surface area contributed by atoms with Crippen molar-refractivity contribution in [3.05, 3.63) is 18.7 Å². The van der Waals surface area contributed by atoms with Gasteiger partial charge in [-0.05, 0) is 0 Å². The third-order valence-corrected chi connectivity index (χ3v) is 2.71. The molecule has 1 N–H and O–H groups in total. The molecule has 0 aliphatic carbocycles. The van der Waals surface area contributed by atoms with Crippen molar-refractivity contribution in [3.63, 3.8) is 0 Å². The minimum absolute atomic E-state index is 0.0160. The first-order valence-corrected chi connectivity index (χ1v) is 5.20. The molecule has 0 bridgehead atoms. The largest absolute Gasteiger partial charge is 0.336 e. The van der Waals surface area contributed by atoms with E-state index in [9.17, 15) is 0 Å². The maximum atomic E-state index is 8.97. The lowest BCUT2D eigenvalue weighted by atomic mass is 10.2. The minimum atomic E-state index is 0.0160. The fourth-order valence-corrected chi connectivity index (χ4v) is 1.80. The number of hydrogen-bond acceptors (Lipinski definition) is 4. The summed E-state index contributed by atoms with van der Waals surface area (Å²) in [6.45, 7) is 4.52. The van der Waals surface area contributed by atoms with Gasteiger partial charge in [0.05, 0.1) is 12.4 Å². The molecule has 0 spiro atoms. The monoisotopic (exact) mass is 205 g/mol. The zero-order valence-corrected chi connectivity index (χ0v) is 8.63. The lowest BCUT2D eigenvalue weighted by Gasteiger charge is -2.31. The Hall–Kier alpha value is -1.38. The van der Waals surface area contributed by atoms with E-state index in [0.717, 1.165) is 32.7 Å². The number of piperazine rings is 1. The lowest BCUT2D eigenvalue weighted by molar-refractivity contribution is 0.190. The number of aromatic nitrogens is 2. The Bertz CT molecular complexity index is 326. The van der Waals surface area contributed by atoms with Gasteiger partial charge in [-0.25, -0.2) is 4.98 Å². The third-order valence-electron chi connectivity index (χ3n) is 2.71. The van der Waals surface area contributed by atoms with E-state index in [2.05, 4.69) is 21.3 Å². The van der Waals surface area contributed by atoms with Gasteiger partial charge in [0.2, 0.25) is 0 Å². The van der Waals surface area contributed by atoms with Gasteiger partial charge in [0.25, 0.3) is 0 Å². The molecule has 1 aromatic rings. The number of nitrogens with one attached hydrogen (secondary N) is 1. The molecular weight excluding hydrogens is 190 g/mol. The second-order valence-electron chi connectivity index (χ2n) is 3.69. The van der Waals surface area contributed by atoms with Crippen LogP contribution in [0.15, 0.2) is 18.7 Å². The molecule has 2 heterocycles. The van der Waals surface area contributed by atoms with Crippen molar-refractivity contribution in [2.45, 2.75) is 12.6 Å². The summed E-state index contributed by atoms with van der Waals surface area (Å²) in [7, 11) is 0. The zero-order valence-electron chi connectivity index (χ0n) is 8.63. The molecule has 5 nitrogen and oxygen atoms in total. The first-order chi connectivity index (χ1) is 7.40. The van der Waals surface area contributed by atoms with Crippen LogP contribution in [-0.2, 0) is 6.54 Å². The summed E-state index contributed by atoms with van der Waals surface area (Å²) in [4.78, 5) is 6.21. The van der Waals surface area contributed by atoms with Crippen molar-refractivity contribution in [2.75, 3.05) is 26.2 Å². The molecule has 0 radical (unpaired) electrons. The molecule has 0 aromatic carbocycles. The van der Waals surface area contributed by atoms with E-state index >= 15 is 0 Å². The first-order valence-electron chi connectivity index (χ1n) is 5.20. The molecule has 1 atom stereocenters. The predicted octanol–water partition coefficient (Wildman–Crippen LogP) is -0.320. The van der Waals surface area contributed by atoms with Crippen LogP contribution in [-0.4, -0.2) is 46.7 Å². The van der Waals surface area contributed by atoms with Crippen molar-refractivity contribution < 1.29 is 0 Å². The Morgan fingerprint density at radius 3 is 3.20 bits per heavy atom. The normalized spacial score (nSPS) is 22.5. The van der Waals surface area contributed by atoms with Gasteiger partial charge in [-0.2, -0.15) is 5.26 Å². The molecule has 1 aliphatic heterocycles. The van der Waals surface area contributed by atoms with Crippen molar-refractivity contribution in [1.29, 1.82) is 5.26 Å². The van der Waals surface area contributed by atoms with Crippen LogP contribution in [0.4, 0.5) is 0 Å². The molecule has 1 unspecified atom stereocenters. The maximum absolute atomic E-state index is 8.97. The smallest absolute Gasteiger partial charge is 0.110 e. The van der Waals surface area contributed by atoms with E-state index in [1.165, 1.54) is 0 Å². The summed E-state index contributed by atoms with van der Waals surface area (Å²) in [6, 6.07) is 2.34. The van der Waals surface area contributed by atoms with E-state index in [-0.39, 0.29) is 6.04 Å². The summed E-state index contributed by atoms with van der Waals surface area (Å²) in [5.74, 6) is 0. The van der Waals surface area contributed by atoms with Crippen LogP contribution in [0.25, 0.3) is 0 Å². The molecule has 80 valence electrons. The van der Waals surface area contributed by atoms with Crippen molar-refractivity contribution in [1.82, 2.24) is 19.8 Å². The van der Waals surface area contributed by atoms with E-state index in [4.69, 9.17) is 5.26 Å². The van der Waals surface area contributed by atoms with Gasteiger partial charge >= 0.3 is 0 Å². The fraction of sp³-hybridized carbons (Fsp3) is 0.600. The van der Waals surface area contributed by atoms with Gasteiger partial charge in [-0.1, -0.05) is 0 Å². The quantitative estimate of drug-likeness (QED) is 0.735. The topological polar surface area (TPSA) is 56.9 Å². The number of imidazole rings is 1. The molecule has 1 fully saturated rings. The summed E-state index contributed by atoms with van der Waals surface area (Å²) >= 11 is 0. The van der Waals surface area contributed by atoms with Gasteiger partial charge in [-0.15, -0.1) is 0 Å². The van der Waals surface area contributed by atoms with Crippen molar-refractivity contribution in [3.8, 4) is 6.07 Å². The van der Waals surface area contributed by atoms with Crippen molar-refractivity contribution in [2.24, 2.45) is 0 Å². The minimum Gasteiger partial charge on any atom is -0.336 e. The van der Waals surface area contributed by atoms with Crippen LogP contribution in [0.5, 0.6) is 0 Å². The molecule has 0 amide bonds. The maximum Gasteiger partial charge on any atom is 0.110 e. The highest BCUT2D eigenvalue weighted by molar-refractivity contribution is 4.96. The van der Waals surface area contributed by atoms with Crippen LogP contribution in [0, 0.1) is 11.3 Å². The standard InChI is InChI=1S/C10H15N5/c11-7-10-8-12-2-4-15(10)6-5-14-3-1-13-9-14/h1,3,9-10,12H,2,4-6,8H2. The average molecular weight is 205 g/mol. The Labute approximate surface area is 89.3 Å². The van der Waals surface area contributed by atoms with Gasteiger partial charge in [-0.3, -0.25) is 4.90 Å². The van der Waals surface area contributed by atoms with Crippen LogP contribution >= 0.6 is 0 Å². The highest BCUT2D eigenvalue weighted by Crippen LogP contribution is 2.02. The third kappa shape index (κ3) is 2.55. The molecule has 5 heteroatoms. The van der Waals surface area contributed by atoms with Crippen LogP contribution in [0.2, 0.25) is 0 Å². The number of rotatable bonds is 3. The molecule has 1 aromatic heterocycles. The van der Waals surface area contributed by atoms with E-state index in [0.29, 0.717) is 0 Å². The summed E-state index contributed by atoms with van der Waals surface area (Å²) < 4.78 is 2.04. The highest BCUT2D eigenvalue weighted by atomic mass is 15.2. The predicted molar refractivity (Wildman–Crippen MR) is 56.1 cm³/mol. The number of hydrogen-bond donors (Lipinski definition) is 1. The molecule has 15 heavy (non-hydrogen) atoms. The molecule has 0 saturated carbocycles. The molecule has 1 aliphatic rings. The van der Waals surface area contributed by atoms with E-state index < -0.39 is 0 Å². The van der Waals surface area contributed by atoms with E-state index in [1.54, 1.807) is 6.20 Å². The molecule has 2 rings (SSSR count). The van der Waals surface area contributed by atoms with Gasteiger partial charge in [0, 0.05) is 45.1 Å². The van der Waals surface area contributed by atoms with Crippen molar-refractivity contribution >= 4 is 0 Å². The average Bonchev–Trinajstić information content (AvgIpc) is 2.79. The summed E-state index contributed by atoms with van der Waals surface area (Å²) in [5.41, 5.74) is 0. The fourth-order valence-electron chi connectivity index (χ4n) is 1.80. The Kier molecular flexibility index (Phi) is 3.33. The van der Waals surface area contributed by atoms with Crippen LogP contribution in [0.1, 0.15) is 0 Å². The van der Waals surface area contributed by atoms with Gasteiger partial charge in [0.15, 0.2) is 0 Å². The zero-order chi connectivity index (χ0) is 10.5.